The molecule has 96 valence electrons. The van der Waals surface area contributed by atoms with Crippen LogP contribution in [0.15, 0.2) is 0 Å². The molecule has 0 radical (unpaired) electrons. The molecule has 4 aliphatic carbocycles. The molecule has 4 fully saturated rings. The van der Waals surface area contributed by atoms with Crippen LogP contribution >= 0.6 is 7.60 Å². The molecule has 4 aliphatic rings. The van der Waals surface area contributed by atoms with Gasteiger partial charge >= 0.3 is 7.60 Å². The SMILES string of the molecule is COP(=O)(CC(=O)C12CCC3C(CC31)C2)OC. The molecule has 5 heteroatoms. The van der Waals surface area contributed by atoms with Gasteiger partial charge in [-0.3, -0.25) is 9.36 Å². The summed E-state index contributed by atoms with van der Waals surface area (Å²) in [6.45, 7) is 0. The maximum absolute atomic E-state index is 12.5. The molecule has 0 saturated heterocycles. The molecule has 0 heterocycles. The van der Waals surface area contributed by atoms with Gasteiger partial charge in [0.25, 0.3) is 0 Å². The normalized spacial score (nSPS) is 42.6. The van der Waals surface area contributed by atoms with Crippen molar-refractivity contribution in [2.24, 2.45) is 23.2 Å². The highest BCUT2D eigenvalue weighted by atomic mass is 31.2. The maximum Gasteiger partial charge on any atom is 0.337 e. The van der Waals surface area contributed by atoms with Crippen LogP contribution in [0.2, 0.25) is 0 Å². The van der Waals surface area contributed by atoms with Gasteiger partial charge in [0.2, 0.25) is 0 Å². The van der Waals surface area contributed by atoms with E-state index in [-0.39, 0.29) is 17.4 Å². The van der Waals surface area contributed by atoms with Crippen molar-refractivity contribution in [1.29, 1.82) is 0 Å². The van der Waals surface area contributed by atoms with Gasteiger partial charge in [-0.25, -0.2) is 0 Å². The summed E-state index contributed by atoms with van der Waals surface area (Å²) in [7, 11) is -0.488. The Morgan fingerprint density at radius 2 is 2.12 bits per heavy atom. The molecule has 0 amide bonds. The molecule has 4 saturated carbocycles. The molecule has 0 spiro atoms. The van der Waals surface area contributed by atoms with Crippen LogP contribution in [-0.4, -0.2) is 26.2 Å². The van der Waals surface area contributed by atoms with Gasteiger partial charge in [0.1, 0.15) is 6.16 Å². The van der Waals surface area contributed by atoms with E-state index in [4.69, 9.17) is 9.05 Å². The fourth-order valence-electron chi connectivity index (χ4n) is 4.44. The minimum atomic E-state index is -3.18. The van der Waals surface area contributed by atoms with E-state index in [0.29, 0.717) is 5.92 Å². The molecular formula is C12H19O4P. The van der Waals surface area contributed by atoms with Gasteiger partial charge in [-0.1, -0.05) is 0 Å². The number of rotatable bonds is 5. The topological polar surface area (TPSA) is 52.6 Å². The van der Waals surface area contributed by atoms with Gasteiger partial charge < -0.3 is 9.05 Å². The highest BCUT2D eigenvalue weighted by molar-refractivity contribution is 7.54. The van der Waals surface area contributed by atoms with Gasteiger partial charge in [-0.2, -0.15) is 0 Å². The molecular weight excluding hydrogens is 239 g/mol. The van der Waals surface area contributed by atoms with Crippen molar-refractivity contribution < 1.29 is 18.4 Å². The van der Waals surface area contributed by atoms with E-state index in [9.17, 15) is 9.36 Å². The summed E-state index contributed by atoms with van der Waals surface area (Å²) in [5, 5.41) is 0. The zero-order valence-corrected chi connectivity index (χ0v) is 11.2. The monoisotopic (exact) mass is 258 g/mol. The molecule has 4 unspecified atom stereocenters. The van der Waals surface area contributed by atoms with E-state index in [2.05, 4.69) is 0 Å². The Hall–Kier alpha value is -0.180. The molecule has 0 aromatic heterocycles. The molecule has 4 atom stereocenters. The van der Waals surface area contributed by atoms with Crippen molar-refractivity contribution in [2.75, 3.05) is 20.4 Å². The Morgan fingerprint density at radius 3 is 2.59 bits per heavy atom. The Bertz CT molecular complexity index is 399. The van der Waals surface area contributed by atoms with Crippen LogP contribution in [0.25, 0.3) is 0 Å². The minimum absolute atomic E-state index is 0.0457. The summed E-state index contributed by atoms with van der Waals surface area (Å²) >= 11 is 0. The van der Waals surface area contributed by atoms with Crippen molar-refractivity contribution in [2.45, 2.75) is 25.7 Å². The lowest BCUT2D eigenvalue weighted by atomic mass is 9.72. The van der Waals surface area contributed by atoms with Gasteiger partial charge in [-0.15, -0.1) is 0 Å². The Balaban J connectivity index is 1.77. The van der Waals surface area contributed by atoms with Crippen molar-refractivity contribution in [1.82, 2.24) is 0 Å². The Kier molecular flexibility index (Phi) is 2.56. The molecule has 0 N–H and O–H groups in total. The third-order valence-electron chi connectivity index (χ3n) is 5.39. The number of hydrogen-bond acceptors (Lipinski definition) is 4. The molecule has 4 bridgehead atoms. The number of ketones is 1. The molecule has 0 aromatic rings. The first-order valence-corrected chi connectivity index (χ1v) is 8.01. The average molecular weight is 258 g/mol. The third kappa shape index (κ3) is 1.44. The first kappa shape index (κ1) is 11.9. The molecule has 0 aliphatic heterocycles. The summed E-state index contributed by atoms with van der Waals surface area (Å²) in [6.07, 6.45) is 4.36. The van der Waals surface area contributed by atoms with Crippen LogP contribution in [0.4, 0.5) is 0 Å². The van der Waals surface area contributed by atoms with Crippen molar-refractivity contribution in [3.63, 3.8) is 0 Å². The highest BCUT2D eigenvalue weighted by Gasteiger charge is 2.68. The fraction of sp³-hybridized carbons (Fsp3) is 0.917. The Morgan fingerprint density at radius 1 is 1.41 bits per heavy atom. The molecule has 0 aromatic carbocycles. The van der Waals surface area contributed by atoms with Crippen LogP contribution in [0.5, 0.6) is 0 Å². The fourth-order valence-corrected chi connectivity index (χ4v) is 5.52. The predicted molar refractivity (Wildman–Crippen MR) is 62.9 cm³/mol. The summed E-state index contributed by atoms with van der Waals surface area (Å²) in [5.41, 5.74) is -0.165. The number of carbonyl (C=O) groups excluding carboxylic acids is 1. The lowest BCUT2D eigenvalue weighted by Gasteiger charge is -2.33. The lowest BCUT2D eigenvalue weighted by molar-refractivity contribution is -0.127. The zero-order chi connectivity index (χ0) is 12.3. The smallest absolute Gasteiger partial charge is 0.312 e. The highest BCUT2D eigenvalue weighted by Crippen LogP contribution is 2.72. The summed E-state index contributed by atoms with van der Waals surface area (Å²) in [6, 6.07) is 0. The molecule has 4 nitrogen and oxygen atoms in total. The third-order valence-corrected chi connectivity index (χ3v) is 7.18. The van der Waals surface area contributed by atoms with Crippen LogP contribution in [-0.2, 0) is 18.4 Å². The van der Waals surface area contributed by atoms with Gasteiger partial charge in [-0.05, 0) is 43.4 Å². The van der Waals surface area contributed by atoms with E-state index in [0.717, 1.165) is 24.7 Å². The van der Waals surface area contributed by atoms with E-state index in [1.165, 1.54) is 27.1 Å². The minimum Gasteiger partial charge on any atom is -0.312 e. The standard InChI is InChI=1S/C12H19O4P/c1-15-17(14,16-2)7-11(13)12-4-3-9-8(6-12)5-10(9)12/h8-10H,3-7H2,1-2H3. The van der Waals surface area contributed by atoms with Crippen molar-refractivity contribution in [3.05, 3.63) is 0 Å². The second-order valence-electron chi connectivity index (χ2n) is 5.72. The Labute approximate surface area is 102 Å². The van der Waals surface area contributed by atoms with E-state index < -0.39 is 7.60 Å². The van der Waals surface area contributed by atoms with Crippen LogP contribution in [0.1, 0.15) is 25.7 Å². The maximum atomic E-state index is 12.5. The zero-order valence-electron chi connectivity index (χ0n) is 10.3. The van der Waals surface area contributed by atoms with Gasteiger partial charge in [0.05, 0.1) is 0 Å². The molecule has 17 heavy (non-hydrogen) atoms. The van der Waals surface area contributed by atoms with Crippen molar-refractivity contribution in [3.8, 4) is 0 Å². The van der Waals surface area contributed by atoms with E-state index in [1.54, 1.807) is 0 Å². The summed E-state index contributed by atoms with van der Waals surface area (Å²) in [4.78, 5) is 12.5. The van der Waals surface area contributed by atoms with Gasteiger partial charge in [0.15, 0.2) is 5.78 Å². The van der Waals surface area contributed by atoms with Crippen LogP contribution in [0, 0.1) is 23.2 Å². The number of hydrogen-bond donors (Lipinski definition) is 0. The predicted octanol–water partition coefficient (Wildman–Crippen LogP) is 2.48. The number of carbonyl (C=O) groups is 1. The van der Waals surface area contributed by atoms with E-state index in [1.807, 2.05) is 0 Å². The summed E-state index contributed by atoms with van der Waals surface area (Å²) in [5.74, 6) is 2.24. The quantitative estimate of drug-likeness (QED) is 0.711. The second-order valence-corrected chi connectivity index (χ2v) is 7.99. The van der Waals surface area contributed by atoms with Gasteiger partial charge in [0, 0.05) is 19.6 Å². The number of Topliss-reactive ketones (excluding diaryl/α,β-unsaturated/α-hetero) is 1. The van der Waals surface area contributed by atoms with Crippen LogP contribution < -0.4 is 0 Å². The van der Waals surface area contributed by atoms with E-state index >= 15 is 0 Å². The van der Waals surface area contributed by atoms with Crippen molar-refractivity contribution >= 4 is 13.4 Å². The summed E-state index contributed by atoms with van der Waals surface area (Å²) < 4.78 is 21.8. The second kappa shape index (κ2) is 3.66. The largest absolute Gasteiger partial charge is 0.337 e. The van der Waals surface area contributed by atoms with Crippen LogP contribution in [0.3, 0.4) is 0 Å². The first-order valence-electron chi connectivity index (χ1n) is 6.28. The average Bonchev–Trinajstić information content (AvgIpc) is 2.91. The lowest BCUT2D eigenvalue weighted by Crippen LogP contribution is -2.34. The first-order chi connectivity index (χ1) is 8.04. The molecule has 4 rings (SSSR count).